The number of hydrogen-bond acceptors (Lipinski definition) is 4. The van der Waals surface area contributed by atoms with Gasteiger partial charge in [0.1, 0.15) is 0 Å². The van der Waals surface area contributed by atoms with Gasteiger partial charge in [-0.05, 0) is 72.3 Å². The molecule has 0 aliphatic carbocycles. The first-order valence-corrected chi connectivity index (χ1v) is 12.9. The van der Waals surface area contributed by atoms with Crippen LogP contribution in [0.25, 0.3) is 10.9 Å². The van der Waals surface area contributed by atoms with E-state index in [1.807, 2.05) is 47.9 Å². The number of aromatic nitrogens is 1. The fourth-order valence-electron chi connectivity index (χ4n) is 3.83. The van der Waals surface area contributed by atoms with Crippen molar-refractivity contribution in [2.75, 3.05) is 6.54 Å². The van der Waals surface area contributed by atoms with E-state index >= 15 is 0 Å². The molecule has 1 heterocycles. The molecule has 0 spiro atoms. The van der Waals surface area contributed by atoms with Crippen LogP contribution in [0.3, 0.4) is 0 Å². The fraction of sp³-hybridized carbons (Fsp3) is 0.407. The molecule has 0 unspecified atom stereocenters. The van der Waals surface area contributed by atoms with E-state index in [1.165, 1.54) is 0 Å². The summed E-state index contributed by atoms with van der Waals surface area (Å²) in [5.74, 6) is 0.100. The summed E-state index contributed by atoms with van der Waals surface area (Å²) in [6.07, 6.45) is 3.40. The molecule has 0 radical (unpaired) electrons. The van der Waals surface area contributed by atoms with E-state index in [0.717, 1.165) is 40.2 Å². The van der Waals surface area contributed by atoms with Crippen molar-refractivity contribution in [3.8, 4) is 5.88 Å². The van der Waals surface area contributed by atoms with Gasteiger partial charge in [0, 0.05) is 29.4 Å². The molecule has 0 saturated heterocycles. The monoisotopic (exact) mass is 540 g/mol. The summed E-state index contributed by atoms with van der Waals surface area (Å²) in [4.78, 5) is 24.5. The molecule has 2 aromatic carbocycles. The number of halogens is 1. The second-order valence-corrected chi connectivity index (χ2v) is 10.0. The molecule has 8 heteroatoms. The molecule has 0 bridgehead atoms. The predicted octanol–water partition coefficient (Wildman–Crippen LogP) is 7.06. The van der Waals surface area contributed by atoms with Crippen LogP contribution in [-0.4, -0.2) is 28.0 Å². The van der Waals surface area contributed by atoms with E-state index in [1.54, 1.807) is 6.07 Å². The second kappa shape index (κ2) is 12.6. The highest BCUT2D eigenvalue weighted by atomic mass is 79.9. The molecule has 1 aromatic heterocycles. The first-order valence-electron chi connectivity index (χ1n) is 12.1. The molecular weight excluding hydrogens is 508 g/mol. The van der Waals surface area contributed by atoms with Crippen molar-refractivity contribution >= 4 is 44.3 Å². The lowest BCUT2D eigenvalue weighted by atomic mass is 10.1. The van der Waals surface area contributed by atoms with Crippen LogP contribution in [0.5, 0.6) is 5.88 Å². The second-order valence-electron chi connectivity index (χ2n) is 9.17. The molecule has 35 heavy (non-hydrogen) atoms. The van der Waals surface area contributed by atoms with E-state index in [4.69, 9.17) is 0 Å². The number of benzene rings is 2. The van der Waals surface area contributed by atoms with Crippen LogP contribution < -0.4 is 5.32 Å². The molecular formula is C27H33BrN4O3. The summed E-state index contributed by atoms with van der Waals surface area (Å²) in [5, 5.41) is 22.5. The molecule has 0 atom stereocenters. The van der Waals surface area contributed by atoms with E-state index in [9.17, 15) is 14.7 Å². The van der Waals surface area contributed by atoms with Gasteiger partial charge in [-0.3, -0.25) is 9.59 Å². The number of hydrogen-bond donors (Lipinski definition) is 2. The Morgan fingerprint density at radius 2 is 1.89 bits per heavy atom. The number of amides is 2. The highest BCUT2D eigenvalue weighted by molar-refractivity contribution is 9.10. The quantitative estimate of drug-likeness (QED) is 0.201. The number of carbonyl (C=O) groups is 2. The first kappa shape index (κ1) is 26.6. The molecule has 0 saturated carbocycles. The van der Waals surface area contributed by atoms with Gasteiger partial charge in [-0.25, -0.2) is 0 Å². The van der Waals surface area contributed by atoms with Crippen molar-refractivity contribution in [1.29, 1.82) is 0 Å². The number of fused-ring (bicyclic) bond motifs is 1. The van der Waals surface area contributed by atoms with Gasteiger partial charge in [-0.2, -0.15) is 0 Å². The maximum Gasteiger partial charge on any atom is 0.264 e. The molecule has 7 nitrogen and oxygen atoms in total. The van der Waals surface area contributed by atoms with Crippen molar-refractivity contribution in [1.82, 2.24) is 9.88 Å². The molecule has 3 aromatic rings. The minimum absolute atomic E-state index is 0.0450. The Morgan fingerprint density at radius 3 is 2.63 bits per heavy atom. The van der Waals surface area contributed by atoms with Crippen molar-refractivity contribution in [3.63, 3.8) is 0 Å². The minimum atomic E-state index is -0.322. The van der Waals surface area contributed by atoms with E-state index < -0.39 is 0 Å². The van der Waals surface area contributed by atoms with Gasteiger partial charge in [-0.15, -0.1) is 10.2 Å². The van der Waals surface area contributed by atoms with Crippen LogP contribution in [0, 0.1) is 12.8 Å². The summed E-state index contributed by atoms with van der Waals surface area (Å²) < 4.78 is 2.60. The Hall–Kier alpha value is -3.00. The lowest BCUT2D eigenvalue weighted by molar-refractivity contribution is -0.118. The van der Waals surface area contributed by atoms with Crippen LogP contribution in [0.1, 0.15) is 61.9 Å². The van der Waals surface area contributed by atoms with Gasteiger partial charge >= 0.3 is 0 Å². The van der Waals surface area contributed by atoms with Gasteiger partial charge in [0.2, 0.25) is 5.88 Å². The topological polar surface area (TPSA) is 96.1 Å². The average molecular weight is 541 g/mol. The lowest BCUT2D eigenvalue weighted by Gasteiger charge is -2.09. The third kappa shape index (κ3) is 7.24. The highest BCUT2D eigenvalue weighted by Gasteiger charge is 2.17. The third-order valence-corrected chi connectivity index (χ3v) is 6.52. The number of aryl methyl sites for hydroxylation is 2. The molecule has 2 amide bonds. The SMILES string of the molecule is Cc1ccc2c(c1)c(N=NC(=O)CCCCCNC(=O)c1ccccc1Br)c(O)n2CCC(C)C. The van der Waals surface area contributed by atoms with Crippen molar-refractivity contribution in [3.05, 3.63) is 58.1 Å². The summed E-state index contributed by atoms with van der Waals surface area (Å²) in [7, 11) is 0. The zero-order valence-electron chi connectivity index (χ0n) is 20.6. The van der Waals surface area contributed by atoms with E-state index in [-0.39, 0.29) is 24.1 Å². The number of carbonyl (C=O) groups excluding carboxylic acids is 2. The normalized spacial score (nSPS) is 11.6. The summed E-state index contributed by atoms with van der Waals surface area (Å²) in [5.41, 5.74) is 2.88. The zero-order valence-corrected chi connectivity index (χ0v) is 22.1. The summed E-state index contributed by atoms with van der Waals surface area (Å²) >= 11 is 3.38. The van der Waals surface area contributed by atoms with E-state index in [0.29, 0.717) is 36.7 Å². The molecule has 0 fully saturated rings. The number of nitrogens with zero attached hydrogens (tertiary/aromatic N) is 3. The number of unbranched alkanes of at least 4 members (excludes halogenated alkanes) is 2. The summed E-state index contributed by atoms with van der Waals surface area (Å²) in [6, 6.07) is 13.2. The van der Waals surface area contributed by atoms with Crippen LogP contribution in [-0.2, 0) is 11.3 Å². The fourth-order valence-corrected chi connectivity index (χ4v) is 4.29. The van der Waals surface area contributed by atoms with Crippen LogP contribution >= 0.6 is 15.9 Å². The maximum atomic E-state index is 12.3. The Balaban J connectivity index is 1.51. The van der Waals surface area contributed by atoms with Crippen LogP contribution in [0.4, 0.5) is 5.69 Å². The van der Waals surface area contributed by atoms with Gasteiger partial charge in [0.15, 0.2) is 5.69 Å². The molecule has 2 N–H and O–H groups in total. The van der Waals surface area contributed by atoms with Crippen molar-refractivity contribution < 1.29 is 14.7 Å². The first-order chi connectivity index (χ1) is 16.8. The van der Waals surface area contributed by atoms with Crippen LogP contribution in [0.15, 0.2) is 57.2 Å². The molecule has 3 rings (SSSR count). The number of aromatic hydroxyl groups is 1. The molecule has 0 aliphatic rings. The number of rotatable bonds is 11. The zero-order chi connectivity index (χ0) is 25.4. The van der Waals surface area contributed by atoms with Gasteiger partial charge in [-0.1, -0.05) is 44.0 Å². The highest BCUT2D eigenvalue weighted by Crippen LogP contribution is 2.39. The Kier molecular flexibility index (Phi) is 9.60. The maximum absolute atomic E-state index is 12.3. The lowest BCUT2D eigenvalue weighted by Crippen LogP contribution is -2.24. The minimum Gasteiger partial charge on any atom is -0.493 e. The molecule has 0 aliphatic heterocycles. The van der Waals surface area contributed by atoms with Crippen LogP contribution in [0.2, 0.25) is 0 Å². The van der Waals surface area contributed by atoms with E-state index in [2.05, 4.69) is 45.3 Å². The standard InChI is InChI=1S/C27H33BrN4O3/c1-18(2)14-16-32-23-13-12-19(3)17-21(23)25(27(32)35)31-30-24(33)11-5-4-8-15-29-26(34)20-9-6-7-10-22(20)28/h6-7,9-10,12-13,17-18,35H,4-5,8,11,14-16H2,1-3H3,(H,29,34). The Labute approximate surface area is 214 Å². The van der Waals surface area contributed by atoms with Gasteiger partial charge in [0.25, 0.3) is 11.8 Å². The average Bonchev–Trinajstić information content (AvgIpc) is 3.08. The predicted molar refractivity (Wildman–Crippen MR) is 142 cm³/mol. The third-order valence-electron chi connectivity index (χ3n) is 5.83. The molecule has 186 valence electrons. The number of azo groups is 1. The Morgan fingerprint density at radius 1 is 1.11 bits per heavy atom. The van der Waals surface area contributed by atoms with Crippen molar-refractivity contribution in [2.24, 2.45) is 16.1 Å². The van der Waals surface area contributed by atoms with Gasteiger partial charge < -0.3 is 15.0 Å². The largest absolute Gasteiger partial charge is 0.493 e. The Bertz CT molecular complexity index is 1220. The smallest absolute Gasteiger partial charge is 0.264 e. The van der Waals surface area contributed by atoms with Gasteiger partial charge in [0.05, 0.1) is 11.1 Å². The van der Waals surface area contributed by atoms with Crippen molar-refractivity contribution in [2.45, 2.75) is 59.4 Å². The number of nitrogens with one attached hydrogen (secondary N) is 1. The summed E-state index contributed by atoms with van der Waals surface area (Å²) in [6.45, 7) is 7.48.